The Hall–Kier alpha value is -3.42. The molecule has 7 heteroatoms. The van der Waals surface area contributed by atoms with Gasteiger partial charge >= 0.3 is 0 Å². The van der Waals surface area contributed by atoms with Crippen LogP contribution in [0.1, 0.15) is 11.4 Å². The number of nitrogens with zero attached hydrogens (tertiary/aromatic N) is 4. The molecule has 0 atom stereocenters. The standard InChI is InChI=1S/C24H17N5S2/c1-2-8-17(9-3-1)29-22(14-16-15-25-19-11-5-4-10-18(16)19)27-28-23(29)31-24-26-20-12-6-7-13-21(20)30-24/h1-13,15,25H,14H2. The maximum atomic E-state index is 4.76. The van der Waals surface area contributed by atoms with Crippen LogP contribution in [-0.2, 0) is 6.42 Å². The molecule has 1 N–H and O–H groups in total. The van der Waals surface area contributed by atoms with Crippen LogP contribution in [0.2, 0.25) is 0 Å². The lowest BCUT2D eigenvalue weighted by Crippen LogP contribution is -2.03. The van der Waals surface area contributed by atoms with Crippen LogP contribution in [0, 0.1) is 0 Å². The first-order chi connectivity index (χ1) is 15.3. The smallest absolute Gasteiger partial charge is 0.202 e. The predicted molar refractivity (Wildman–Crippen MR) is 126 cm³/mol. The van der Waals surface area contributed by atoms with E-state index in [1.807, 2.05) is 42.5 Å². The quantitative estimate of drug-likeness (QED) is 0.353. The van der Waals surface area contributed by atoms with Crippen molar-refractivity contribution in [3.05, 3.63) is 96.4 Å². The van der Waals surface area contributed by atoms with Gasteiger partial charge < -0.3 is 4.98 Å². The first-order valence-corrected chi connectivity index (χ1v) is 11.6. The summed E-state index contributed by atoms with van der Waals surface area (Å²) in [5, 5.41) is 11.2. The van der Waals surface area contributed by atoms with Gasteiger partial charge in [0.2, 0.25) is 5.16 Å². The largest absolute Gasteiger partial charge is 0.361 e. The monoisotopic (exact) mass is 439 g/mol. The zero-order chi connectivity index (χ0) is 20.6. The molecule has 3 aromatic heterocycles. The zero-order valence-electron chi connectivity index (χ0n) is 16.4. The molecular formula is C24H17N5S2. The molecule has 0 unspecified atom stereocenters. The minimum Gasteiger partial charge on any atom is -0.361 e. The summed E-state index contributed by atoms with van der Waals surface area (Å²) in [6.07, 6.45) is 2.75. The zero-order valence-corrected chi connectivity index (χ0v) is 18.0. The number of thiazole rings is 1. The van der Waals surface area contributed by atoms with E-state index in [0.29, 0.717) is 6.42 Å². The van der Waals surface area contributed by atoms with Crippen LogP contribution in [0.15, 0.2) is 94.6 Å². The molecule has 0 fully saturated rings. The van der Waals surface area contributed by atoms with E-state index < -0.39 is 0 Å². The molecule has 0 radical (unpaired) electrons. The van der Waals surface area contributed by atoms with Gasteiger partial charge in [0.25, 0.3) is 0 Å². The van der Waals surface area contributed by atoms with Crippen LogP contribution in [0.3, 0.4) is 0 Å². The molecule has 0 saturated carbocycles. The summed E-state index contributed by atoms with van der Waals surface area (Å²) in [5.74, 6) is 0.902. The molecule has 3 aromatic carbocycles. The van der Waals surface area contributed by atoms with Gasteiger partial charge in [-0.1, -0.05) is 48.5 Å². The number of aromatic nitrogens is 5. The van der Waals surface area contributed by atoms with Gasteiger partial charge in [-0.3, -0.25) is 4.57 Å². The number of fused-ring (bicyclic) bond motifs is 2. The Morgan fingerprint density at radius 2 is 1.68 bits per heavy atom. The fourth-order valence-corrected chi connectivity index (χ4v) is 5.78. The van der Waals surface area contributed by atoms with Crippen molar-refractivity contribution in [3.8, 4) is 5.69 Å². The highest BCUT2D eigenvalue weighted by Crippen LogP contribution is 2.35. The van der Waals surface area contributed by atoms with Crippen molar-refractivity contribution in [3.63, 3.8) is 0 Å². The molecule has 0 aliphatic rings. The van der Waals surface area contributed by atoms with Crippen molar-refractivity contribution < 1.29 is 0 Å². The Labute approximate surface area is 186 Å². The van der Waals surface area contributed by atoms with E-state index in [1.165, 1.54) is 15.6 Å². The van der Waals surface area contributed by atoms with Crippen LogP contribution in [0.25, 0.3) is 26.8 Å². The summed E-state index contributed by atoms with van der Waals surface area (Å²) >= 11 is 3.24. The van der Waals surface area contributed by atoms with Gasteiger partial charge in [-0.25, -0.2) is 4.98 Å². The lowest BCUT2D eigenvalue weighted by Gasteiger charge is -2.09. The Bertz CT molecular complexity index is 1460. The Morgan fingerprint density at radius 3 is 2.58 bits per heavy atom. The van der Waals surface area contributed by atoms with Crippen molar-refractivity contribution in [2.24, 2.45) is 0 Å². The van der Waals surface area contributed by atoms with Crippen molar-refractivity contribution >= 4 is 44.2 Å². The second kappa shape index (κ2) is 7.68. The third-order valence-electron chi connectivity index (χ3n) is 5.19. The lowest BCUT2D eigenvalue weighted by molar-refractivity contribution is 0.849. The van der Waals surface area contributed by atoms with Crippen molar-refractivity contribution in [2.45, 2.75) is 15.9 Å². The van der Waals surface area contributed by atoms with Crippen LogP contribution in [0.4, 0.5) is 0 Å². The summed E-state index contributed by atoms with van der Waals surface area (Å²) in [7, 11) is 0. The molecule has 6 rings (SSSR count). The first-order valence-electron chi connectivity index (χ1n) is 9.93. The molecule has 5 nitrogen and oxygen atoms in total. The summed E-state index contributed by atoms with van der Waals surface area (Å²) in [6.45, 7) is 0. The maximum Gasteiger partial charge on any atom is 0.202 e. The van der Waals surface area contributed by atoms with Gasteiger partial charge in [-0.15, -0.1) is 21.5 Å². The lowest BCUT2D eigenvalue weighted by atomic mass is 10.1. The third-order valence-corrected chi connectivity index (χ3v) is 7.23. The van der Waals surface area contributed by atoms with Crippen molar-refractivity contribution in [1.29, 1.82) is 0 Å². The van der Waals surface area contributed by atoms with Crippen molar-refractivity contribution in [1.82, 2.24) is 24.7 Å². The SMILES string of the molecule is c1ccc(-n2c(Cc3c[nH]c4ccccc34)nnc2Sc2nc3ccccc3s2)cc1. The van der Waals surface area contributed by atoms with E-state index in [1.54, 1.807) is 23.1 Å². The number of rotatable bonds is 5. The van der Waals surface area contributed by atoms with Crippen LogP contribution in [-0.4, -0.2) is 24.7 Å². The highest BCUT2D eigenvalue weighted by Gasteiger charge is 2.18. The molecule has 6 aromatic rings. The predicted octanol–water partition coefficient (Wildman–Crippen LogP) is 6.10. The van der Waals surface area contributed by atoms with E-state index >= 15 is 0 Å². The Kier molecular flexibility index (Phi) is 4.55. The van der Waals surface area contributed by atoms with E-state index in [0.717, 1.165) is 32.0 Å². The molecular weight excluding hydrogens is 422 g/mol. The molecule has 0 saturated heterocycles. The van der Waals surface area contributed by atoms with Gasteiger partial charge in [0.1, 0.15) is 5.82 Å². The normalized spacial score (nSPS) is 11.5. The fourth-order valence-electron chi connectivity index (χ4n) is 3.74. The third kappa shape index (κ3) is 3.41. The average Bonchev–Trinajstić information content (AvgIpc) is 3.52. The van der Waals surface area contributed by atoms with E-state index in [2.05, 4.69) is 62.3 Å². The number of nitrogens with one attached hydrogen (secondary N) is 1. The molecule has 0 aliphatic heterocycles. The average molecular weight is 440 g/mol. The number of H-pyrrole nitrogens is 1. The first kappa shape index (κ1) is 18.4. The fraction of sp³-hybridized carbons (Fsp3) is 0.0417. The Morgan fingerprint density at radius 1 is 0.871 bits per heavy atom. The minimum atomic E-state index is 0.687. The number of hydrogen-bond acceptors (Lipinski definition) is 5. The molecule has 0 spiro atoms. The van der Waals surface area contributed by atoms with Crippen LogP contribution in [0.5, 0.6) is 0 Å². The number of benzene rings is 3. The summed E-state index contributed by atoms with van der Waals surface area (Å²) in [5.41, 5.74) is 4.40. The molecule has 0 amide bonds. The molecule has 3 heterocycles. The minimum absolute atomic E-state index is 0.687. The number of aromatic amines is 1. The molecule has 31 heavy (non-hydrogen) atoms. The van der Waals surface area contributed by atoms with Gasteiger partial charge in [0.05, 0.1) is 10.2 Å². The Balaban J connectivity index is 1.42. The van der Waals surface area contributed by atoms with Crippen molar-refractivity contribution in [2.75, 3.05) is 0 Å². The highest BCUT2D eigenvalue weighted by molar-refractivity contribution is 8.01. The number of para-hydroxylation sites is 3. The molecule has 0 bridgehead atoms. The van der Waals surface area contributed by atoms with Crippen LogP contribution < -0.4 is 0 Å². The van der Waals surface area contributed by atoms with Crippen LogP contribution >= 0.6 is 23.1 Å². The second-order valence-corrected chi connectivity index (χ2v) is 9.40. The number of hydrogen-bond donors (Lipinski definition) is 1. The van der Waals surface area contributed by atoms with Gasteiger partial charge in [-0.05, 0) is 47.7 Å². The van der Waals surface area contributed by atoms with E-state index in [-0.39, 0.29) is 0 Å². The van der Waals surface area contributed by atoms with Gasteiger partial charge in [-0.2, -0.15) is 0 Å². The summed E-state index contributed by atoms with van der Waals surface area (Å²) in [4.78, 5) is 8.12. The highest BCUT2D eigenvalue weighted by atomic mass is 32.2. The molecule has 0 aliphatic carbocycles. The maximum absolute atomic E-state index is 4.76. The van der Waals surface area contributed by atoms with E-state index in [4.69, 9.17) is 4.98 Å². The second-order valence-electron chi connectivity index (χ2n) is 7.16. The molecule has 150 valence electrons. The summed E-state index contributed by atoms with van der Waals surface area (Å²) < 4.78 is 4.28. The topological polar surface area (TPSA) is 59.4 Å². The summed E-state index contributed by atoms with van der Waals surface area (Å²) in [6, 6.07) is 26.8. The van der Waals surface area contributed by atoms with Gasteiger partial charge in [0.15, 0.2) is 4.34 Å². The van der Waals surface area contributed by atoms with E-state index in [9.17, 15) is 0 Å². The van der Waals surface area contributed by atoms with Gasteiger partial charge in [0, 0.05) is 29.2 Å².